The van der Waals surface area contributed by atoms with Crippen LogP contribution in [0.2, 0.25) is 0 Å². The normalized spacial score (nSPS) is 11.4. The molecule has 4 nitrogen and oxygen atoms in total. The zero-order valence-corrected chi connectivity index (χ0v) is 13.1. The minimum Gasteiger partial charge on any atom is -0.478 e. The molecule has 0 spiro atoms. The Kier molecular flexibility index (Phi) is 5.94. The fraction of sp³-hybridized carbons (Fsp3) is 0.529. The summed E-state index contributed by atoms with van der Waals surface area (Å²) in [6, 6.07) is 4.70. The third-order valence-corrected chi connectivity index (χ3v) is 3.49. The molecule has 0 heterocycles. The Morgan fingerprint density at radius 1 is 0.905 bits per heavy atom. The Balaban J connectivity index is 3.22. The van der Waals surface area contributed by atoms with Gasteiger partial charge in [-0.1, -0.05) is 33.8 Å². The van der Waals surface area contributed by atoms with Gasteiger partial charge < -0.3 is 10.2 Å². The molecule has 0 bridgehead atoms. The summed E-state index contributed by atoms with van der Waals surface area (Å²) in [6.07, 6.45) is 1.92. The molecule has 0 fully saturated rings. The standard InChI is InChI=1S/C17H24O4/c1-10(2)7-13(8-11(3)4)12-5-6-14(16(18)19)15(9-12)17(20)21/h5-6,9-11,13H,7-8H2,1-4H3,(H,18,19)(H,20,21). The second kappa shape index (κ2) is 7.25. The van der Waals surface area contributed by atoms with Crippen LogP contribution in [0, 0.1) is 11.8 Å². The molecule has 0 aliphatic rings. The quantitative estimate of drug-likeness (QED) is 0.787. The van der Waals surface area contributed by atoms with Gasteiger partial charge in [0.25, 0.3) is 0 Å². The van der Waals surface area contributed by atoms with E-state index < -0.39 is 11.9 Å². The minimum absolute atomic E-state index is 0.127. The number of hydrogen-bond acceptors (Lipinski definition) is 2. The van der Waals surface area contributed by atoms with Crippen LogP contribution in [0.4, 0.5) is 0 Å². The molecule has 116 valence electrons. The Bertz CT molecular complexity index is 508. The van der Waals surface area contributed by atoms with Crippen LogP contribution in [-0.4, -0.2) is 22.2 Å². The van der Waals surface area contributed by atoms with Crippen LogP contribution in [0.25, 0.3) is 0 Å². The monoisotopic (exact) mass is 292 g/mol. The number of benzene rings is 1. The number of carboxylic acid groups (broad SMARTS) is 2. The van der Waals surface area contributed by atoms with Crippen LogP contribution in [0.3, 0.4) is 0 Å². The van der Waals surface area contributed by atoms with Crippen LogP contribution < -0.4 is 0 Å². The molecule has 0 aliphatic carbocycles. The van der Waals surface area contributed by atoms with E-state index in [1.165, 1.54) is 12.1 Å². The van der Waals surface area contributed by atoms with Crippen LogP contribution in [0.5, 0.6) is 0 Å². The van der Waals surface area contributed by atoms with Gasteiger partial charge in [0.2, 0.25) is 0 Å². The molecule has 0 unspecified atom stereocenters. The zero-order chi connectivity index (χ0) is 16.2. The number of carbonyl (C=O) groups is 2. The average Bonchev–Trinajstić information content (AvgIpc) is 2.35. The molecule has 4 heteroatoms. The highest BCUT2D eigenvalue weighted by atomic mass is 16.4. The smallest absolute Gasteiger partial charge is 0.336 e. The topological polar surface area (TPSA) is 74.6 Å². The van der Waals surface area contributed by atoms with Crippen molar-refractivity contribution < 1.29 is 19.8 Å². The van der Waals surface area contributed by atoms with Gasteiger partial charge >= 0.3 is 11.9 Å². The van der Waals surface area contributed by atoms with Crippen LogP contribution in [0.1, 0.15) is 72.7 Å². The molecule has 0 aliphatic heterocycles. The van der Waals surface area contributed by atoms with Crippen molar-refractivity contribution in [2.75, 3.05) is 0 Å². The highest BCUT2D eigenvalue weighted by molar-refractivity contribution is 6.01. The van der Waals surface area contributed by atoms with Gasteiger partial charge in [-0.15, -0.1) is 0 Å². The van der Waals surface area contributed by atoms with Gasteiger partial charge in [0, 0.05) is 0 Å². The molecule has 0 amide bonds. The maximum atomic E-state index is 11.3. The van der Waals surface area contributed by atoms with Gasteiger partial charge in [-0.2, -0.15) is 0 Å². The van der Waals surface area contributed by atoms with E-state index in [-0.39, 0.29) is 17.0 Å². The Morgan fingerprint density at radius 2 is 1.38 bits per heavy atom. The SMILES string of the molecule is CC(C)CC(CC(C)C)c1ccc(C(=O)O)c(C(=O)O)c1. The van der Waals surface area contributed by atoms with Gasteiger partial charge in [0.05, 0.1) is 11.1 Å². The molecule has 21 heavy (non-hydrogen) atoms. The molecule has 1 rings (SSSR count). The first-order chi connectivity index (χ1) is 9.72. The summed E-state index contributed by atoms with van der Waals surface area (Å²) >= 11 is 0. The third kappa shape index (κ3) is 4.88. The van der Waals surface area contributed by atoms with Crippen LogP contribution >= 0.6 is 0 Å². The van der Waals surface area contributed by atoms with Gasteiger partial charge in [0.1, 0.15) is 0 Å². The van der Waals surface area contributed by atoms with Crippen LogP contribution in [-0.2, 0) is 0 Å². The predicted octanol–water partition coefficient (Wildman–Crippen LogP) is 4.26. The van der Waals surface area contributed by atoms with E-state index in [4.69, 9.17) is 5.11 Å². The number of aromatic carboxylic acids is 2. The van der Waals surface area contributed by atoms with Crippen molar-refractivity contribution in [2.45, 2.75) is 46.5 Å². The Labute approximate surface area is 125 Å². The molecule has 0 atom stereocenters. The van der Waals surface area contributed by atoms with Crippen molar-refractivity contribution in [1.29, 1.82) is 0 Å². The first kappa shape index (κ1) is 17.2. The molecule has 1 aromatic rings. The van der Waals surface area contributed by atoms with Crippen molar-refractivity contribution in [3.8, 4) is 0 Å². The highest BCUT2D eigenvalue weighted by Crippen LogP contribution is 2.31. The maximum Gasteiger partial charge on any atom is 0.336 e. The van der Waals surface area contributed by atoms with Crippen LogP contribution in [0.15, 0.2) is 18.2 Å². The van der Waals surface area contributed by atoms with Crippen molar-refractivity contribution >= 4 is 11.9 Å². The average molecular weight is 292 g/mol. The van der Waals surface area contributed by atoms with Gasteiger partial charge in [-0.05, 0) is 48.3 Å². The van der Waals surface area contributed by atoms with E-state index in [1.807, 2.05) is 0 Å². The number of rotatable bonds is 7. The lowest BCUT2D eigenvalue weighted by Gasteiger charge is -2.22. The summed E-state index contributed by atoms with van der Waals surface area (Å²) in [4.78, 5) is 22.4. The molecule has 0 radical (unpaired) electrons. The summed E-state index contributed by atoms with van der Waals surface area (Å²) < 4.78 is 0. The van der Waals surface area contributed by atoms with E-state index in [9.17, 15) is 14.7 Å². The lowest BCUT2D eigenvalue weighted by molar-refractivity contribution is 0.0651. The van der Waals surface area contributed by atoms with Gasteiger partial charge in [-0.3, -0.25) is 0 Å². The fourth-order valence-corrected chi connectivity index (χ4v) is 2.69. The summed E-state index contributed by atoms with van der Waals surface area (Å²) in [7, 11) is 0. The van der Waals surface area contributed by atoms with E-state index >= 15 is 0 Å². The van der Waals surface area contributed by atoms with E-state index in [0.29, 0.717) is 11.8 Å². The summed E-state index contributed by atoms with van der Waals surface area (Å²) in [5.74, 6) is -1.14. The zero-order valence-electron chi connectivity index (χ0n) is 13.1. The maximum absolute atomic E-state index is 11.3. The van der Waals surface area contributed by atoms with Gasteiger partial charge in [-0.25, -0.2) is 9.59 Å². The second-order valence-corrected chi connectivity index (χ2v) is 6.37. The summed E-state index contributed by atoms with van der Waals surface area (Å²) in [5.41, 5.74) is 0.636. The first-order valence-corrected chi connectivity index (χ1v) is 7.32. The molecule has 1 aromatic carbocycles. The lowest BCUT2D eigenvalue weighted by atomic mass is 9.83. The molecular formula is C17H24O4. The Morgan fingerprint density at radius 3 is 1.76 bits per heavy atom. The van der Waals surface area contributed by atoms with E-state index in [2.05, 4.69) is 27.7 Å². The molecule has 0 saturated carbocycles. The van der Waals surface area contributed by atoms with Crippen molar-refractivity contribution in [2.24, 2.45) is 11.8 Å². The molecule has 2 N–H and O–H groups in total. The second-order valence-electron chi connectivity index (χ2n) is 6.37. The van der Waals surface area contributed by atoms with Crippen molar-refractivity contribution in [1.82, 2.24) is 0 Å². The summed E-state index contributed by atoms with van der Waals surface area (Å²) in [6.45, 7) is 8.54. The highest BCUT2D eigenvalue weighted by Gasteiger charge is 2.21. The summed E-state index contributed by atoms with van der Waals surface area (Å²) in [5, 5.41) is 18.3. The molecule has 0 aromatic heterocycles. The lowest BCUT2D eigenvalue weighted by Crippen LogP contribution is -2.12. The Hall–Kier alpha value is -1.84. The predicted molar refractivity (Wildman–Crippen MR) is 82.0 cm³/mol. The molecular weight excluding hydrogens is 268 g/mol. The number of hydrogen-bond donors (Lipinski definition) is 2. The minimum atomic E-state index is -1.21. The largest absolute Gasteiger partial charge is 0.478 e. The third-order valence-electron chi connectivity index (χ3n) is 3.49. The van der Waals surface area contributed by atoms with Gasteiger partial charge in [0.15, 0.2) is 0 Å². The number of carboxylic acids is 2. The fourth-order valence-electron chi connectivity index (χ4n) is 2.69. The van der Waals surface area contributed by atoms with E-state index in [1.54, 1.807) is 6.07 Å². The molecule has 0 saturated heterocycles. The first-order valence-electron chi connectivity index (χ1n) is 7.32. The van der Waals surface area contributed by atoms with E-state index in [0.717, 1.165) is 18.4 Å². The van der Waals surface area contributed by atoms with Crippen molar-refractivity contribution in [3.63, 3.8) is 0 Å². The van der Waals surface area contributed by atoms with Crippen molar-refractivity contribution in [3.05, 3.63) is 34.9 Å².